The second kappa shape index (κ2) is 9.26. The smallest absolute Gasteiger partial charge is 0.274 e. The molecule has 1 amide bonds. The third kappa shape index (κ3) is 4.16. The molecule has 1 N–H and O–H groups in total. The number of hydrogen-bond donors (Lipinski definition) is 1. The van der Waals surface area contributed by atoms with E-state index < -0.39 is 0 Å². The van der Waals surface area contributed by atoms with Crippen molar-refractivity contribution in [3.8, 4) is 0 Å². The van der Waals surface area contributed by atoms with Crippen LogP contribution in [-0.4, -0.2) is 40.2 Å². The average molecular weight is 409 g/mol. The van der Waals surface area contributed by atoms with E-state index in [1.165, 1.54) is 4.68 Å². The lowest BCUT2D eigenvalue weighted by Gasteiger charge is -2.26. The largest absolute Gasteiger partial charge is 0.468 e. The lowest BCUT2D eigenvalue weighted by atomic mass is 10.1. The number of carbonyl (C=O) groups is 1. The van der Waals surface area contributed by atoms with Crippen molar-refractivity contribution in [2.45, 2.75) is 45.2 Å². The number of carbonyl (C=O) groups excluding carboxylic acids is 1. The van der Waals surface area contributed by atoms with Gasteiger partial charge in [0.05, 0.1) is 17.7 Å². The molecule has 1 saturated heterocycles. The summed E-state index contributed by atoms with van der Waals surface area (Å²) in [5.41, 5.74) is 0.141. The number of hydrogen-bond acceptors (Lipinski definition) is 5. The van der Waals surface area contributed by atoms with E-state index in [1.807, 2.05) is 24.3 Å². The summed E-state index contributed by atoms with van der Waals surface area (Å²) in [7, 11) is 0. The Kier molecular flexibility index (Phi) is 6.28. The molecule has 1 atom stereocenters. The molecule has 158 valence electrons. The van der Waals surface area contributed by atoms with Gasteiger partial charge < -0.3 is 9.73 Å². The fraction of sp³-hybridized carbons (Fsp3) is 0.435. The van der Waals surface area contributed by atoms with Gasteiger partial charge in [-0.3, -0.25) is 14.5 Å². The molecule has 1 aromatic carbocycles. The Hall–Kier alpha value is -2.93. The molecule has 1 fully saturated rings. The molecule has 0 spiro atoms. The molecule has 30 heavy (non-hydrogen) atoms. The van der Waals surface area contributed by atoms with Crippen LogP contribution in [0, 0.1) is 0 Å². The van der Waals surface area contributed by atoms with Crippen molar-refractivity contribution < 1.29 is 9.21 Å². The minimum atomic E-state index is -0.271. The van der Waals surface area contributed by atoms with Gasteiger partial charge >= 0.3 is 0 Å². The van der Waals surface area contributed by atoms with Crippen molar-refractivity contribution in [2.75, 3.05) is 19.6 Å². The molecule has 4 rings (SSSR count). The molecule has 0 bridgehead atoms. The summed E-state index contributed by atoms with van der Waals surface area (Å²) in [6, 6.07) is 11.0. The van der Waals surface area contributed by atoms with Gasteiger partial charge in [-0.25, -0.2) is 4.68 Å². The lowest BCUT2D eigenvalue weighted by Crippen LogP contribution is -2.38. The molecule has 3 aromatic rings. The van der Waals surface area contributed by atoms with Crippen LogP contribution in [0.25, 0.3) is 10.8 Å². The van der Waals surface area contributed by atoms with Crippen molar-refractivity contribution in [3.63, 3.8) is 0 Å². The highest BCUT2D eigenvalue weighted by atomic mass is 16.3. The second-order valence-corrected chi connectivity index (χ2v) is 7.76. The summed E-state index contributed by atoms with van der Waals surface area (Å²) in [5.74, 6) is 0.579. The number of amides is 1. The number of aromatic nitrogens is 2. The first-order valence-electron chi connectivity index (χ1n) is 10.7. The van der Waals surface area contributed by atoms with Crippen LogP contribution in [0.1, 0.15) is 54.9 Å². The highest BCUT2D eigenvalue weighted by Crippen LogP contribution is 2.25. The quantitative estimate of drug-likeness (QED) is 0.618. The molecule has 1 aliphatic heterocycles. The van der Waals surface area contributed by atoms with Crippen molar-refractivity contribution >= 4 is 16.7 Å². The molecular weight excluding hydrogens is 380 g/mol. The Morgan fingerprint density at radius 3 is 2.63 bits per heavy atom. The number of furan rings is 1. The van der Waals surface area contributed by atoms with Gasteiger partial charge in [-0.15, -0.1) is 0 Å². The fourth-order valence-electron chi connectivity index (χ4n) is 4.08. The van der Waals surface area contributed by atoms with Gasteiger partial charge in [-0.05, 0) is 50.6 Å². The van der Waals surface area contributed by atoms with Gasteiger partial charge in [-0.1, -0.05) is 31.5 Å². The Balaban J connectivity index is 1.60. The SMILES string of the molecule is CCCCn1nc(C(=O)NCC(c2ccco2)N2CCCC2)c2ccccc2c1=O. The highest BCUT2D eigenvalue weighted by Gasteiger charge is 2.27. The van der Waals surface area contributed by atoms with Crippen LogP contribution in [-0.2, 0) is 6.54 Å². The molecule has 7 nitrogen and oxygen atoms in total. The maximum absolute atomic E-state index is 13.1. The van der Waals surface area contributed by atoms with Crippen LogP contribution < -0.4 is 10.9 Å². The van der Waals surface area contributed by atoms with E-state index >= 15 is 0 Å². The first kappa shape index (κ1) is 20.3. The predicted octanol–water partition coefficient (Wildman–Crippen LogP) is 3.36. The minimum absolute atomic E-state index is 0.0105. The second-order valence-electron chi connectivity index (χ2n) is 7.76. The van der Waals surface area contributed by atoms with Crippen LogP contribution in [0.2, 0.25) is 0 Å². The molecular formula is C23H28N4O3. The number of aryl methyl sites for hydroxylation is 1. The maximum atomic E-state index is 13.1. The van der Waals surface area contributed by atoms with Gasteiger partial charge in [0.25, 0.3) is 11.5 Å². The summed E-state index contributed by atoms with van der Waals surface area (Å²) in [5, 5.41) is 8.58. The van der Waals surface area contributed by atoms with E-state index in [0.29, 0.717) is 29.6 Å². The third-order valence-corrected chi connectivity index (χ3v) is 5.72. The zero-order chi connectivity index (χ0) is 20.9. The van der Waals surface area contributed by atoms with Gasteiger partial charge in [-0.2, -0.15) is 5.10 Å². The molecule has 1 aliphatic rings. The van der Waals surface area contributed by atoms with Gasteiger partial charge in [0.1, 0.15) is 5.76 Å². The summed E-state index contributed by atoms with van der Waals surface area (Å²) in [6.07, 6.45) is 5.75. The van der Waals surface area contributed by atoms with E-state index in [-0.39, 0.29) is 17.5 Å². The number of unbranched alkanes of at least 4 members (excludes halogenated alkanes) is 1. The van der Waals surface area contributed by atoms with Crippen LogP contribution >= 0.6 is 0 Å². The van der Waals surface area contributed by atoms with Gasteiger partial charge in [0.2, 0.25) is 0 Å². The first-order chi connectivity index (χ1) is 14.7. The van der Waals surface area contributed by atoms with E-state index in [2.05, 4.69) is 22.2 Å². The van der Waals surface area contributed by atoms with Gasteiger partial charge in [0, 0.05) is 18.5 Å². The summed E-state index contributed by atoms with van der Waals surface area (Å²) >= 11 is 0. The van der Waals surface area contributed by atoms with Crippen LogP contribution in [0.15, 0.2) is 51.9 Å². The fourth-order valence-corrected chi connectivity index (χ4v) is 4.08. The van der Waals surface area contributed by atoms with E-state index in [1.54, 1.807) is 18.4 Å². The number of nitrogens with one attached hydrogen (secondary N) is 1. The Morgan fingerprint density at radius 2 is 1.93 bits per heavy atom. The average Bonchev–Trinajstić information content (AvgIpc) is 3.48. The molecule has 0 radical (unpaired) electrons. The van der Waals surface area contributed by atoms with Crippen LogP contribution in [0.4, 0.5) is 0 Å². The number of benzene rings is 1. The number of rotatable bonds is 8. The zero-order valence-electron chi connectivity index (χ0n) is 17.3. The summed E-state index contributed by atoms with van der Waals surface area (Å²) in [6.45, 7) is 4.97. The normalized spacial score (nSPS) is 15.5. The number of nitrogens with zero attached hydrogens (tertiary/aromatic N) is 3. The monoisotopic (exact) mass is 408 g/mol. The first-order valence-corrected chi connectivity index (χ1v) is 10.7. The summed E-state index contributed by atoms with van der Waals surface area (Å²) in [4.78, 5) is 28.2. The van der Waals surface area contributed by atoms with Crippen molar-refractivity contribution in [2.24, 2.45) is 0 Å². The number of fused-ring (bicyclic) bond motifs is 1. The highest BCUT2D eigenvalue weighted by molar-refractivity contribution is 6.04. The van der Waals surface area contributed by atoms with Gasteiger partial charge in [0.15, 0.2) is 5.69 Å². The van der Waals surface area contributed by atoms with Crippen LogP contribution in [0.5, 0.6) is 0 Å². The Morgan fingerprint density at radius 1 is 1.17 bits per heavy atom. The lowest BCUT2D eigenvalue weighted by molar-refractivity contribution is 0.0928. The van der Waals surface area contributed by atoms with E-state index in [9.17, 15) is 9.59 Å². The maximum Gasteiger partial charge on any atom is 0.274 e. The minimum Gasteiger partial charge on any atom is -0.468 e. The number of likely N-dealkylation sites (tertiary alicyclic amines) is 1. The van der Waals surface area contributed by atoms with E-state index in [0.717, 1.165) is 44.5 Å². The van der Waals surface area contributed by atoms with Crippen molar-refractivity contribution in [3.05, 3.63) is 64.5 Å². The molecule has 2 aromatic heterocycles. The Labute approximate surface area is 175 Å². The zero-order valence-corrected chi connectivity index (χ0v) is 17.3. The standard InChI is InChI=1S/C23H28N4O3/c1-2-3-14-27-23(29)18-10-5-4-9-17(18)21(25-27)22(28)24-16-19(20-11-8-15-30-20)26-12-6-7-13-26/h4-5,8-11,15,19H,2-3,6-7,12-14,16H2,1H3,(H,24,28). The van der Waals surface area contributed by atoms with E-state index in [4.69, 9.17) is 4.42 Å². The summed E-state index contributed by atoms with van der Waals surface area (Å²) < 4.78 is 7.06. The third-order valence-electron chi connectivity index (χ3n) is 5.72. The van der Waals surface area contributed by atoms with Crippen molar-refractivity contribution in [1.82, 2.24) is 20.0 Å². The van der Waals surface area contributed by atoms with Crippen molar-refractivity contribution in [1.29, 1.82) is 0 Å². The Bertz CT molecular complexity index is 1050. The molecule has 3 heterocycles. The van der Waals surface area contributed by atoms with Crippen LogP contribution in [0.3, 0.4) is 0 Å². The predicted molar refractivity (Wildman–Crippen MR) is 116 cm³/mol. The molecule has 0 saturated carbocycles. The molecule has 0 aliphatic carbocycles. The molecule has 7 heteroatoms. The topological polar surface area (TPSA) is 80.4 Å². The molecule has 1 unspecified atom stereocenters.